The second-order valence-electron chi connectivity index (χ2n) is 9.34. The van der Waals surface area contributed by atoms with Gasteiger partial charge in [-0.3, -0.25) is 4.98 Å². The molecular weight excluding hydrogens is 582 g/mol. The third kappa shape index (κ3) is 6.20. The quantitative estimate of drug-likeness (QED) is 0.200. The van der Waals surface area contributed by atoms with Crippen molar-refractivity contribution in [2.24, 2.45) is 0 Å². The van der Waals surface area contributed by atoms with E-state index < -0.39 is 0 Å². The second kappa shape index (κ2) is 15.4. The number of rotatable bonds is 4. The predicted molar refractivity (Wildman–Crippen MR) is 198 cm³/mol. The van der Waals surface area contributed by atoms with Crippen LogP contribution in [0.1, 0.15) is 70.7 Å². The monoisotopic (exact) mass is 623 g/mol. The average Bonchev–Trinajstić information content (AvgIpc) is 3.85. The number of pyridine rings is 1. The SMILES string of the molecule is C=Cc1c(C=C)c2nc3nc(nc4[nH]c(nc5nc(nc1[nH]2)-c1cnccc1-5)c(C=C)c4/C=C\C)-c1ccccc1-3.CC.CC.CC. The van der Waals surface area contributed by atoms with Crippen LogP contribution in [0.4, 0.5) is 0 Å². The number of hydrogen-bond donors (Lipinski definition) is 2. The first-order valence-electron chi connectivity index (χ1n) is 16.0. The van der Waals surface area contributed by atoms with Crippen molar-refractivity contribution >= 4 is 46.9 Å². The van der Waals surface area contributed by atoms with Crippen molar-refractivity contribution in [1.82, 2.24) is 44.9 Å². The van der Waals surface area contributed by atoms with E-state index in [9.17, 15) is 0 Å². The summed E-state index contributed by atoms with van der Waals surface area (Å²) in [5.41, 5.74) is 8.74. The Hall–Kier alpha value is -5.83. The molecule has 4 aromatic heterocycles. The highest BCUT2D eigenvalue weighted by Crippen LogP contribution is 2.36. The van der Waals surface area contributed by atoms with Crippen molar-refractivity contribution in [3.63, 3.8) is 0 Å². The normalized spacial score (nSPS) is 10.6. The van der Waals surface area contributed by atoms with Crippen LogP contribution < -0.4 is 0 Å². The van der Waals surface area contributed by atoms with E-state index in [2.05, 4.69) is 34.7 Å². The summed E-state index contributed by atoms with van der Waals surface area (Å²) < 4.78 is 0. The van der Waals surface area contributed by atoms with Gasteiger partial charge < -0.3 is 9.97 Å². The van der Waals surface area contributed by atoms with Gasteiger partial charge in [-0.1, -0.05) is 116 Å². The number of H-pyrrole nitrogens is 2. The highest BCUT2D eigenvalue weighted by Gasteiger charge is 2.22. The number of nitrogens with one attached hydrogen (secondary N) is 2. The standard InChI is InChI=1S/C32H23N9.3C2H6/c1-5-11-20-19(8-4)27-36-28(20)39-30-22-13-10-9-12-21(22)29(40-30)35-25-17(6-2)18(7-3)26(34-25)38-32-24-16-33-15-14-23(24)31(37-27)41-32;3*1-2/h5-16H,2-4H2,1H3,(H2,34,35,36,37,38,39,40,41);3*1-2H3/b11-5-;;;. The maximum absolute atomic E-state index is 4.98. The smallest absolute Gasteiger partial charge is 0.166 e. The minimum absolute atomic E-state index is 0.468. The van der Waals surface area contributed by atoms with Gasteiger partial charge in [-0.2, -0.15) is 0 Å². The van der Waals surface area contributed by atoms with E-state index in [1.165, 1.54) is 0 Å². The Labute approximate surface area is 276 Å². The molecule has 5 aromatic rings. The Kier molecular flexibility index (Phi) is 11.2. The van der Waals surface area contributed by atoms with Crippen molar-refractivity contribution in [2.75, 3.05) is 0 Å². The molecule has 0 unspecified atom stereocenters. The molecule has 238 valence electrons. The predicted octanol–water partition coefficient (Wildman–Crippen LogP) is 10.00. The van der Waals surface area contributed by atoms with Crippen molar-refractivity contribution in [3.05, 3.63) is 90.8 Å². The molecule has 0 fully saturated rings. The minimum atomic E-state index is 0.468. The molecule has 0 radical (unpaired) electrons. The number of fused-ring (bicyclic) bond motifs is 14. The average molecular weight is 624 g/mol. The van der Waals surface area contributed by atoms with Gasteiger partial charge in [-0.05, 0) is 13.0 Å². The van der Waals surface area contributed by atoms with Crippen LogP contribution in [0.5, 0.6) is 0 Å². The molecule has 2 N–H and O–H groups in total. The first kappa shape index (κ1) is 34.1. The molecule has 0 saturated carbocycles. The van der Waals surface area contributed by atoms with Gasteiger partial charge >= 0.3 is 0 Å². The van der Waals surface area contributed by atoms with Crippen molar-refractivity contribution < 1.29 is 0 Å². The molecule has 2 aliphatic rings. The van der Waals surface area contributed by atoms with E-state index >= 15 is 0 Å². The molecule has 6 heterocycles. The summed E-state index contributed by atoms with van der Waals surface area (Å²) in [5.74, 6) is 2.02. The number of benzene rings is 1. The molecule has 8 bridgehead atoms. The van der Waals surface area contributed by atoms with E-state index in [1.54, 1.807) is 30.6 Å². The molecule has 9 nitrogen and oxygen atoms in total. The maximum atomic E-state index is 4.98. The van der Waals surface area contributed by atoms with Gasteiger partial charge in [0.05, 0.1) is 0 Å². The Morgan fingerprint density at radius 1 is 0.511 bits per heavy atom. The van der Waals surface area contributed by atoms with Gasteiger partial charge in [-0.15, -0.1) is 0 Å². The van der Waals surface area contributed by atoms with E-state index in [0.29, 0.717) is 45.9 Å². The Morgan fingerprint density at radius 3 is 1.32 bits per heavy atom. The molecule has 2 aliphatic heterocycles. The lowest BCUT2D eigenvalue weighted by atomic mass is 10.1. The van der Waals surface area contributed by atoms with Crippen LogP contribution in [0.25, 0.3) is 92.4 Å². The van der Waals surface area contributed by atoms with E-state index in [1.807, 2.05) is 91.0 Å². The summed E-state index contributed by atoms with van der Waals surface area (Å²) in [4.78, 5) is 40.5. The van der Waals surface area contributed by atoms with Crippen molar-refractivity contribution in [3.8, 4) is 45.6 Å². The topological polar surface area (TPSA) is 122 Å². The summed E-state index contributed by atoms with van der Waals surface area (Å²) >= 11 is 0. The van der Waals surface area contributed by atoms with Crippen molar-refractivity contribution in [2.45, 2.75) is 48.5 Å². The fourth-order valence-electron chi connectivity index (χ4n) is 5.16. The fraction of sp³-hybridized carbons (Fsp3) is 0.184. The number of nitrogens with zero attached hydrogens (tertiary/aromatic N) is 7. The van der Waals surface area contributed by atoms with Crippen molar-refractivity contribution in [1.29, 1.82) is 0 Å². The lowest BCUT2D eigenvalue weighted by molar-refractivity contribution is 1.18. The van der Waals surface area contributed by atoms with E-state index in [0.717, 1.165) is 44.5 Å². The maximum Gasteiger partial charge on any atom is 0.166 e. The number of aromatic amines is 2. The van der Waals surface area contributed by atoms with Gasteiger partial charge in [-0.25, -0.2) is 29.9 Å². The minimum Gasteiger partial charge on any atom is -0.324 e. The second-order valence-corrected chi connectivity index (χ2v) is 9.34. The molecule has 9 heteroatoms. The van der Waals surface area contributed by atoms with Gasteiger partial charge in [0.25, 0.3) is 0 Å². The highest BCUT2D eigenvalue weighted by molar-refractivity contribution is 5.90. The molecule has 47 heavy (non-hydrogen) atoms. The molecular formula is C38H41N9. The number of aromatic nitrogens is 9. The van der Waals surface area contributed by atoms with Crippen LogP contribution in [0.3, 0.4) is 0 Å². The molecule has 0 aliphatic carbocycles. The first-order chi connectivity index (χ1) is 23.1. The van der Waals surface area contributed by atoms with Gasteiger partial charge in [0.1, 0.15) is 22.6 Å². The van der Waals surface area contributed by atoms with Crippen LogP contribution >= 0.6 is 0 Å². The molecule has 7 rings (SSSR count). The molecule has 1 aromatic carbocycles. The fourth-order valence-corrected chi connectivity index (χ4v) is 5.16. The summed E-state index contributed by atoms with van der Waals surface area (Å²) in [7, 11) is 0. The van der Waals surface area contributed by atoms with Crippen LogP contribution in [-0.4, -0.2) is 44.9 Å². The van der Waals surface area contributed by atoms with Crippen LogP contribution in [-0.2, 0) is 0 Å². The molecule has 0 saturated heterocycles. The Balaban J connectivity index is 0.000000790. The van der Waals surface area contributed by atoms with E-state index in [4.69, 9.17) is 29.9 Å². The number of hydrogen-bond acceptors (Lipinski definition) is 7. The zero-order valence-electron chi connectivity index (χ0n) is 28.2. The lowest BCUT2D eigenvalue weighted by Gasteiger charge is -1.97. The molecule has 0 spiro atoms. The van der Waals surface area contributed by atoms with Crippen LogP contribution in [0, 0.1) is 0 Å². The van der Waals surface area contributed by atoms with E-state index in [-0.39, 0.29) is 0 Å². The molecule has 0 amide bonds. The van der Waals surface area contributed by atoms with Gasteiger partial charge in [0.15, 0.2) is 23.3 Å². The zero-order valence-corrected chi connectivity index (χ0v) is 28.2. The van der Waals surface area contributed by atoms with Gasteiger partial charge in [0, 0.05) is 56.9 Å². The number of allylic oxidation sites excluding steroid dienone is 1. The molecule has 0 atom stereocenters. The van der Waals surface area contributed by atoms with Crippen LogP contribution in [0.15, 0.2) is 68.5 Å². The Bertz CT molecular complexity index is 2130. The third-order valence-electron chi connectivity index (χ3n) is 7.03. The van der Waals surface area contributed by atoms with Crippen LogP contribution in [0.2, 0.25) is 0 Å². The highest BCUT2D eigenvalue weighted by atomic mass is 15.1. The summed E-state index contributed by atoms with van der Waals surface area (Å²) in [6.07, 6.45) is 12.6. The largest absolute Gasteiger partial charge is 0.324 e. The third-order valence-corrected chi connectivity index (χ3v) is 7.03. The summed E-state index contributed by atoms with van der Waals surface area (Å²) in [6, 6.07) is 9.76. The summed E-state index contributed by atoms with van der Waals surface area (Å²) in [6.45, 7) is 26.0. The summed E-state index contributed by atoms with van der Waals surface area (Å²) in [5, 5.41) is 0. The Morgan fingerprint density at radius 2 is 0.894 bits per heavy atom. The lowest BCUT2D eigenvalue weighted by Crippen LogP contribution is -1.84. The first-order valence-corrected chi connectivity index (χ1v) is 16.0. The zero-order chi connectivity index (χ0) is 34.1. The van der Waals surface area contributed by atoms with Gasteiger partial charge in [0.2, 0.25) is 0 Å².